The summed E-state index contributed by atoms with van der Waals surface area (Å²) in [6.07, 6.45) is 0. The van der Waals surface area contributed by atoms with E-state index in [1.54, 1.807) is 11.4 Å². The standard InChI is InChI=1S/C21H15N5O2S3/c22-12-14-10-11-29-19(14)24-18(27)13-30-21-26-25-20(31-21)23-15-6-8-17(9-7-15)28-16-4-2-1-3-5-16/h1-11H,13H2,(H,23,25)(H,24,27). The first-order valence-corrected chi connectivity index (χ1v) is 11.7. The zero-order chi connectivity index (χ0) is 21.5. The summed E-state index contributed by atoms with van der Waals surface area (Å²) in [4.78, 5) is 12.1. The van der Waals surface area contributed by atoms with Crippen molar-refractivity contribution in [1.29, 1.82) is 5.26 Å². The number of amides is 1. The Balaban J connectivity index is 1.28. The smallest absolute Gasteiger partial charge is 0.235 e. The largest absolute Gasteiger partial charge is 0.457 e. The van der Waals surface area contributed by atoms with Crippen molar-refractivity contribution in [3.05, 3.63) is 71.6 Å². The number of thioether (sulfide) groups is 1. The van der Waals surface area contributed by atoms with E-state index in [0.29, 0.717) is 20.0 Å². The summed E-state index contributed by atoms with van der Waals surface area (Å²) >= 11 is 3.98. The van der Waals surface area contributed by atoms with Crippen LogP contribution in [0.2, 0.25) is 0 Å². The molecule has 2 N–H and O–H groups in total. The highest BCUT2D eigenvalue weighted by atomic mass is 32.2. The predicted molar refractivity (Wildman–Crippen MR) is 125 cm³/mol. The van der Waals surface area contributed by atoms with Gasteiger partial charge >= 0.3 is 0 Å². The van der Waals surface area contributed by atoms with Crippen molar-refractivity contribution < 1.29 is 9.53 Å². The number of carbonyl (C=O) groups excluding carboxylic acids is 1. The third kappa shape index (κ3) is 5.82. The Hall–Kier alpha value is -3.39. The summed E-state index contributed by atoms with van der Waals surface area (Å²) in [7, 11) is 0. The quantitative estimate of drug-likeness (QED) is 0.320. The highest BCUT2D eigenvalue weighted by Crippen LogP contribution is 2.29. The van der Waals surface area contributed by atoms with Gasteiger partial charge in [-0.1, -0.05) is 41.3 Å². The first kappa shape index (κ1) is 20.9. The van der Waals surface area contributed by atoms with Gasteiger partial charge in [0.05, 0.1) is 11.3 Å². The number of ether oxygens (including phenoxy) is 1. The molecule has 0 atom stereocenters. The number of hydrogen-bond acceptors (Lipinski definition) is 9. The fraction of sp³-hybridized carbons (Fsp3) is 0.0476. The van der Waals surface area contributed by atoms with Crippen LogP contribution < -0.4 is 15.4 Å². The van der Waals surface area contributed by atoms with E-state index in [1.165, 1.54) is 34.4 Å². The van der Waals surface area contributed by atoms with Gasteiger partial charge in [0.25, 0.3) is 0 Å². The van der Waals surface area contributed by atoms with E-state index in [9.17, 15) is 4.79 Å². The number of hydrogen-bond donors (Lipinski definition) is 2. The van der Waals surface area contributed by atoms with Crippen molar-refractivity contribution >= 4 is 56.2 Å². The molecule has 2 heterocycles. The van der Waals surface area contributed by atoms with Crippen LogP contribution in [0.1, 0.15) is 5.56 Å². The summed E-state index contributed by atoms with van der Waals surface area (Å²) < 4.78 is 6.46. The molecule has 0 unspecified atom stereocenters. The molecule has 4 aromatic rings. The third-order valence-corrected chi connectivity index (χ3v) is 6.66. The van der Waals surface area contributed by atoms with Gasteiger partial charge in [-0.05, 0) is 47.8 Å². The highest BCUT2D eigenvalue weighted by molar-refractivity contribution is 8.01. The van der Waals surface area contributed by atoms with Crippen molar-refractivity contribution in [2.45, 2.75) is 4.34 Å². The van der Waals surface area contributed by atoms with Crippen LogP contribution in [0.5, 0.6) is 11.5 Å². The number of anilines is 3. The molecule has 1 amide bonds. The number of nitrogens with zero attached hydrogens (tertiary/aromatic N) is 3. The molecule has 0 aliphatic heterocycles. The molecule has 2 aromatic heterocycles. The maximum atomic E-state index is 12.1. The Morgan fingerprint density at radius 3 is 2.61 bits per heavy atom. The number of benzene rings is 2. The first-order valence-electron chi connectivity index (χ1n) is 9.03. The average molecular weight is 466 g/mol. The Morgan fingerprint density at radius 1 is 1.06 bits per heavy atom. The summed E-state index contributed by atoms with van der Waals surface area (Å²) in [5.74, 6) is 1.51. The number of carbonyl (C=O) groups is 1. The summed E-state index contributed by atoms with van der Waals surface area (Å²) in [5.41, 5.74) is 1.32. The molecule has 4 rings (SSSR count). The molecule has 31 heavy (non-hydrogen) atoms. The Kier molecular flexibility index (Phi) is 6.78. The van der Waals surface area contributed by atoms with Gasteiger partial charge in [0, 0.05) is 5.69 Å². The van der Waals surface area contributed by atoms with E-state index in [0.717, 1.165) is 17.2 Å². The maximum Gasteiger partial charge on any atom is 0.235 e. The predicted octanol–water partition coefficient (Wildman–Crippen LogP) is 5.74. The number of nitriles is 1. The van der Waals surface area contributed by atoms with Gasteiger partial charge in [-0.25, -0.2) is 0 Å². The molecular weight excluding hydrogens is 450 g/mol. The lowest BCUT2D eigenvalue weighted by molar-refractivity contribution is -0.113. The minimum Gasteiger partial charge on any atom is -0.457 e. The zero-order valence-electron chi connectivity index (χ0n) is 15.9. The minimum atomic E-state index is -0.192. The monoisotopic (exact) mass is 465 g/mol. The second kappa shape index (κ2) is 10.1. The fourth-order valence-corrected chi connectivity index (χ4v) is 4.78. The molecule has 154 valence electrons. The van der Waals surface area contributed by atoms with E-state index < -0.39 is 0 Å². The van der Waals surface area contributed by atoms with Gasteiger partial charge in [-0.3, -0.25) is 4.79 Å². The van der Waals surface area contributed by atoms with Crippen LogP contribution in [0.4, 0.5) is 15.8 Å². The number of rotatable bonds is 8. The lowest BCUT2D eigenvalue weighted by atomic mass is 10.3. The van der Waals surface area contributed by atoms with Crippen LogP contribution in [0.25, 0.3) is 0 Å². The molecule has 10 heteroatoms. The van der Waals surface area contributed by atoms with Crippen molar-refractivity contribution in [2.75, 3.05) is 16.4 Å². The van der Waals surface area contributed by atoms with Crippen LogP contribution in [0, 0.1) is 11.3 Å². The molecule has 2 aromatic carbocycles. The van der Waals surface area contributed by atoms with E-state index in [1.807, 2.05) is 60.7 Å². The number of para-hydroxylation sites is 1. The van der Waals surface area contributed by atoms with Crippen LogP contribution in [-0.2, 0) is 4.79 Å². The molecule has 0 saturated carbocycles. The molecule has 0 aliphatic rings. The molecule has 0 bridgehead atoms. The molecule has 0 radical (unpaired) electrons. The third-order valence-electron chi connectivity index (χ3n) is 3.86. The van der Waals surface area contributed by atoms with E-state index in [-0.39, 0.29) is 11.7 Å². The van der Waals surface area contributed by atoms with Gasteiger partial charge in [0.2, 0.25) is 11.0 Å². The average Bonchev–Trinajstić information content (AvgIpc) is 3.43. The second-order valence-electron chi connectivity index (χ2n) is 6.05. The molecular formula is C21H15N5O2S3. The Morgan fingerprint density at radius 2 is 1.84 bits per heavy atom. The Labute approximate surface area is 190 Å². The first-order chi connectivity index (χ1) is 15.2. The van der Waals surface area contributed by atoms with Gasteiger partial charge < -0.3 is 15.4 Å². The molecule has 7 nitrogen and oxygen atoms in total. The molecule has 0 spiro atoms. The highest BCUT2D eigenvalue weighted by Gasteiger charge is 2.11. The number of aromatic nitrogens is 2. The van der Waals surface area contributed by atoms with Crippen LogP contribution in [0.15, 0.2) is 70.4 Å². The molecule has 0 fully saturated rings. The SMILES string of the molecule is N#Cc1ccsc1NC(=O)CSc1nnc(Nc2ccc(Oc3ccccc3)cc2)s1. The van der Waals surface area contributed by atoms with Crippen LogP contribution >= 0.6 is 34.4 Å². The molecule has 0 saturated heterocycles. The van der Waals surface area contributed by atoms with Crippen LogP contribution in [-0.4, -0.2) is 21.9 Å². The van der Waals surface area contributed by atoms with Crippen molar-refractivity contribution in [1.82, 2.24) is 10.2 Å². The second-order valence-corrected chi connectivity index (χ2v) is 9.17. The molecule has 0 aliphatic carbocycles. The number of nitrogens with one attached hydrogen (secondary N) is 2. The van der Waals surface area contributed by atoms with Gasteiger partial charge in [-0.2, -0.15) is 5.26 Å². The lowest BCUT2D eigenvalue weighted by Gasteiger charge is -2.06. The number of thiophene rings is 1. The van der Waals surface area contributed by atoms with E-state index >= 15 is 0 Å². The van der Waals surface area contributed by atoms with Crippen molar-refractivity contribution in [3.8, 4) is 17.6 Å². The summed E-state index contributed by atoms with van der Waals surface area (Å²) in [5, 5.41) is 26.1. The Bertz CT molecular complexity index is 1200. The topological polar surface area (TPSA) is 99.9 Å². The minimum absolute atomic E-state index is 0.183. The van der Waals surface area contributed by atoms with Crippen molar-refractivity contribution in [2.24, 2.45) is 0 Å². The fourth-order valence-electron chi connectivity index (χ4n) is 2.46. The van der Waals surface area contributed by atoms with Gasteiger partial charge in [0.15, 0.2) is 4.34 Å². The summed E-state index contributed by atoms with van der Waals surface area (Å²) in [6.45, 7) is 0. The van der Waals surface area contributed by atoms with Crippen LogP contribution in [0.3, 0.4) is 0 Å². The lowest BCUT2D eigenvalue weighted by Crippen LogP contribution is -2.13. The van der Waals surface area contributed by atoms with E-state index in [4.69, 9.17) is 10.00 Å². The summed E-state index contributed by atoms with van der Waals surface area (Å²) in [6, 6.07) is 20.8. The van der Waals surface area contributed by atoms with Crippen molar-refractivity contribution in [3.63, 3.8) is 0 Å². The maximum absolute atomic E-state index is 12.1. The van der Waals surface area contributed by atoms with Gasteiger partial charge in [0.1, 0.15) is 22.6 Å². The zero-order valence-corrected chi connectivity index (χ0v) is 18.4. The van der Waals surface area contributed by atoms with E-state index in [2.05, 4.69) is 20.8 Å². The van der Waals surface area contributed by atoms with Gasteiger partial charge in [-0.15, -0.1) is 21.5 Å². The normalized spacial score (nSPS) is 10.3.